The average molecular weight is 390 g/mol. The lowest BCUT2D eigenvalue weighted by Crippen LogP contribution is -2.32. The van der Waals surface area contributed by atoms with Gasteiger partial charge >= 0.3 is 0 Å². The van der Waals surface area contributed by atoms with Gasteiger partial charge in [0.15, 0.2) is 11.5 Å². The molecule has 0 fully saturated rings. The van der Waals surface area contributed by atoms with Crippen LogP contribution < -0.4 is 19.7 Å². The van der Waals surface area contributed by atoms with Crippen LogP contribution in [0.2, 0.25) is 0 Å². The summed E-state index contributed by atoms with van der Waals surface area (Å²) in [6.45, 7) is 4.41. The third-order valence-electron chi connectivity index (χ3n) is 5.18. The Bertz CT molecular complexity index is 1010. The van der Waals surface area contributed by atoms with Crippen LogP contribution in [0.5, 0.6) is 11.5 Å². The van der Waals surface area contributed by atoms with Crippen molar-refractivity contribution < 1.29 is 9.47 Å². The van der Waals surface area contributed by atoms with Crippen LogP contribution in [0.1, 0.15) is 22.4 Å². The lowest BCUT2D eigenvalue weighted by molar-refractivity contribution is 0.354. The zero-order valence-electron chi connectivity index (χ0n) is 17.1. The molecular weight excluding hydrogens is 364 g/mol. The minimum Gasteiger partial charge on any atom is -0.493 e. The molecule has 0 amide bonds. The Kier molecular flexibility index (Phi) is 5.51. The van der Waals surface area contributed by atoms with Crippen LogP contribution in [0.15, 0.2) is 48.5 Å². The second-order valence-electron chi connectivity index (χ2n) is 7.18. The summed E-state index contributed by atoms with van der Waals surface area (Å²) in [6, 6.07) is 16.5. The molecule has 0 unspecified atom stereocenters. The van der Waals surface area contributed by atoms with Crippen molar-refractivity contribution in [2.75, 3.05) is 31.0 Å². The summed E-state index contributed by atoms with van der Waals surface area (Å²) in [4.78, 5) is 11.7. The summed E-state index contributed by atoms with van der Waals surface area (Å²) >= 11 is 0. The maximum Gasteiger partial charge on any atom is 0.227 e. The SMILES string of the molecule is COc1ccc(CNc2cc(C)nc(N3CCc4ccccc4C3)n2)cc1OC. The van der Waals surface area contributed by atoms with Gasteiger partial charge < -0.3 is 19.7 Å². The van der Waals surface area contributed by atoms with Crippen molar-refractivity contribution in [1.82, 2.24) is 9.97 Å². The van der Waals surface area contributed by atoms with Gasteiger partial charge in [0, 0.05) is 31.4 Å². The highest BCUT2D eigenvalue weighted by atomic mass is 16.5. The van der Waals surface area contributed by atoms with Crippen LogP contribution >= 0.6 is 0 Å². The number of rotatable bonds is 6. The maximum absolute atomic E-state index is 5.39. The number of ether oxygens (including phenoxy) is 2. The standard InChI is InChI=1S/C23H26N4O2/c1-16-12-22(24-14-17-8-9-20(28-2)21(13-17)29-3)26-23(25-16)27-11-10-18-6-4-5-7-19(18)15-27/h4-9,12-13H,10-11,14-15H2,1-3H3,(H,24,25,26). The van der Waals surface area contributed by atoms with Gasteiger partial charge in [0.1, 0.15) is 5.82 Å². The smallest absolute Gasteiger partial charge is 0.227 e. The fourth-order valence-electron chi connectivity index (χ4n) is 3.63. The maximum atomic E-state index is 5.39. The Morgan fingerprint density at radius 2 is 1.76 bits per heavy atom. The highest BCUT2D eigenvalue weighted by molar-refractivity contribution is 5.48. The van der Waals surface area contributed by atoms with Gasteiger partial charge in [0.2, 0.25) is 5.95 Å². The molecule has 1 aromatic heterocycles. The van der Waals surface area contributed by atoms with E-state index in [-0.39, 0.29) is 0 Å². The molecule has 0 bridgehead atoms. The Morgan fingerprint density at radius 1 is 0.966 bits per heavy atom. The predicted molar refractivity (Wildman–Crippen MR) is 115 cm³/mol. The molecule has 0 atom stereocenters. The molecule has 6 nitrogen and oxygen atoms in total. The van der Waals surface area contributed by atoms with Gasteiger partial charge in [-0.05, 0) is 42.2 Å². The molecular formula is C23H26N4O2. The fourth-order valence-corrected chi connectivity index (χ4v) is 3.63. The molecule has 0 radical (unpaired) electrons. The van der Waals surface area contributed by atoms with E-state index in [4.69, 9.17) is 14.5 Å². The monoisotopic (exact) mass is 390 g/mol. The van der Waals surface area contributed by atoms with Crippen LogP contribution in [-0.4, -0.2) is 30.7 Å². The fraction of sp³-hybridized carbons (Fsp3) is 0.304. The van der Waals surface area contributed by atoms with Crippen molar-refractivity contribution in [3.05, 3.63) is 70.9 Å². The Labute approximate surface area is 171 Å². The molecule has 4 rings (SSSR count). The zero-order valence-corrected chi connectivity index (χ0v) is 17.1. The quantitative estimate of drug-likeness (QED) is 0.687. The van der Waals surface area contributed by atoms with Crippen LogP contribution in [0.4, 0.5) is 11.8 Å². The number of nitrogens with one attached hydrogen (secondary N) is 1. The number of fused-ring (bicyclic) bond motifs is 1. The number of anilines is 2. The van der Waals surface area contributed by atoms with E-state index in [2.05, 4.69) is 39.5 Å². The van der Waals surface area contributed by atoms with E-state index in [0.717, 1.165) is 54.0 Å². The van der Waals surface area contributed by atoms with E-state index in [1.165, 1.54) is 11.1 Å². The van der Waals surface area contributed by atoms with Gasteiger partial charge in [-0.15, -0.1) is 0 Å². The predicted octanol–water partition coefficient (Wildman–Crippen LogP) is 3.98. The molecule has 2 aromatic carbocycles. The largest absolute Gasteiger partial charge is 0.493 e. The van der Waals surface area contributed by atoms with Gasteiger partial charge in [-0.3, -0.25) is 0 Å². The number of methoxy groups -OCH3 is 2. The van der Waals surface area contributed by atoms with Crippen LogP contribution in [-0.2, 0) is 19.5 Å². The second kappa shape index (κ2) is 8.39. The minimum absolute atomic E-state index is 0.638. The highest BCUT2D eigenvalue weighted by Gasteiger charge is 2.18. The van der Waals surface area contributed by atoms with Gasteiger partial charge in [-0.1, -0.05) is 30.3 Å². The number of benzene rings is 2. The number of nitrogens with zero attached hydrogens (tertiary/aromatic N) is 3. The van der Waals surface area contributed by atoms with Crippen molar-refractivity contribution in [3.63, 3.8) is 0 Å². The first-order chi connectivity index (χ1) is 14.2. The molecule has 1 aliphatic heterocycles. The molecule has 1 aliphatic rings. The first kappa shape index (κ1) is 19.1. The third-order valence-corrected chi connectivity index (χ3v) is 5.18. The van der Waals surface area contributed by atoms with E-state index in [9.17, 15) is 0 Å². The average Bonchev–Trinajstić information content (AvgIpc) is 2.76. The van der Waals surface area contributed by atoms with Crippen molar-refractivity contribution in [2.24, 2.45) is 0 Å². The normalized spacial score (nSPS) is 13.0. The highest BCUT2D eigenvalue weighted by Crippen LogP contribution is 2.28. The summed E-state index contributed by atoms with van der Waals surface area (Å²) in [5, 5.41) is 3.42. The van der Waals surface area contributed by atoms with Crippen LogP contribution in [0, 0.1) is 6.92 Å². The molecule has 0 spiro atoms. The van der Waals surface area contributed by atoms with Gasteiger partial charge in [0.25, 0.3) is 0 Å². The molecule has 1 N–H and O–H groups in total. The summed E-state index contributed by atoms with van der Waals surface area (Å²) in [6.07, 6.45) is 1.02. The molecule has 2 heterocycles. The van der Waals surface area contributed by atoms with Gasteiger partial charge in [-0.2, -0.15) is 4.98 Å². The van der Waals surface area contributed by atoms with E-state index < -0.39 is 0 Å². The Hall–Kier alpha value is -3.28. The van der Waals surface area contributed by atoms with Gasteiger partial charge in [0.05, 0.1) is 14.2 Å². The second-order valence-corrected chi connectivity index (χ2v) is 7.18. The van der Waals surface area contributed by atoms with Crippen molar-refractivity contribution in [3.8, 4) is 11.5 Å². The number of aromatic nitrogens is 2. The van der Waals surface area contributed by atoms with E-state index in [1.54, 1.807) is 14.2 Å². The zero-order chi connectivity index (χ0) is 20.2. The van der Waals surface area contributed by atoms with E-state index in [1.807, 2.05) is 31.2 Å². The Balaban J connectivity index is 1.49. The van der Waals surface area contributed by atoms with Gasteiger partial charge in [-0.25, -0.2) is 4.98 Å². The molecule has 150 valence electrons. The van der Waals surface area contributed by atoms with Crippen molar-refractivity contribution >= 4 is 11.8 Å². The molecule has 6 heteroatoms. The Morgan fingerprint density at radius 3 is 2.55 bits per heavy atom. The third kappa shape index (κ3) is 4.26. The lowest BCUT2D eigenvalue weighted by Gasteiger charge is -2.29. The number of hydrogen-bond acceptors (Lipinski definition) is 6. The molecule has 0 aliphatic carbocycles. The first-order valence-corrected chi connectivity index (χ1v) is 9.78. The van der Waals surface area contributed by atoms with Crippen molar-refractivity contribution in [2.45, 2.75) is 26.4 Å². The minimum atomic E-state index is 0.638. The molecule has 0 saturated carbocycles. The van der Waals surface area contributed by atoms with Crippen molar-refractivity contribution in [1.29, 1.82) is 0 Å². The van der Waals surface area contributed by atoms with Crippen LogP contribution in [0.3, 0.4) is 0 Å². The number of hydrogen-bond donors (Lipinski definition) is 1. The molecule has 29 heavy (non-hydrogen) atoms. The van der Waals surface area contributed by atoms with E-state index in [0.29, 0.717) is 6.54 Å². The summed E-state index contributed by atoms with van der Waals surface area (Å²) in [5.41, 5.74) is 4.81. The molecule has 0 saturated heterocycles. The van der Waals surface area contributed by atoms with Crippen LogP contribution in [0.25, 0.3) is 0 Å². The number of aryl methyl sites for hydroxylation is 1. The van der Waals surface area contributed by atoms with E-state index >= 15 is 0 Å². The topological polar surface area (TPSA) is 59.5 Å². The summed E-state index contributed by atoms with van der Waals surface area (Å²) in [7, 11) is 3.28. The summed E-state index contributed by atoms with van der Waals surface area (Å²) in [5.74, 6) is 3.04. The first-order valence-electron chi connectivity index (χ1n) is 9.78. The summed E-state index contributed by atoms with van der Waals surface area (Å²) < 4.78 is 10.7. The molecule has 3 aromatic rings. The lowest BCUT2D eigenvalue weighted by atomic mass is 10.0.